The fraction of sp³-hybridized carbons (Fsp3) is 0.267. The van der Waals surface area contributed by atoms with Gasteiger partial charge in [0.2, 0.25) is 6.10 Å². The molecule has 2 aliphatic heterocycles. The minimum atomic E-state index is -0.725. The molecule has 3 aromatic carbocycles. The molecule has 194 valence electrons. The zero-order valence-corrected chi connectivity index (χ0v) is 23.5. The molecule has 0 amide bonds. The fourth-order valence-electron chi connectivity index (χ4n) is 4.39. The van der Waals surface area contributed by atoms with Gasteiger partial charge in [-0.15, -0.1) is 0 Å². The molecule has 2 heterocycles. The zero-order chi connectivity index (χ0) is 27.7. The molecule has 0 aromatic heterocycles. The molecule has 1 atom stereocenters. The van der Waals surface area contributed by atoms with E-state index in [1.165, 1.54) is 0 Å². The van der Waals surface area contributed by atoms with E-state index < -0.39 is 23.8 Å². The van der Waals surface area contributed by atoms with Crippen molar-refractivity contribution in [3.8, 4) is 17.6 Å². The Bertz CT molecular complexity index is 1590. The molecule has 10 heteroatoms. The van der Waals surface area contributed by atoms with Crippen LogP contribution in [0.3, 0.4) is 0 Å². The first kappa shape index (κ1) is 32.8. The van der Waals surface area contributed by atoms with Crippen LogP contribution in [-0.2, 0) is 20.9 Å². The molecule has 1 aliphatic carbocycles. The van der Waals surface area contributed by atoms with E-state index >= 15 is 0 Å². The molecule has 0 radical (unpaired) electrons. The number of ether oxygens (including phenoxy) is 2. The molecule has 0 fully saturated rings. The average Bonchev–Trinajstić information content (AvgIpc) is 3.60. The second-order valence-electron chi connectivity index (χ2n) is 9.42. The van der Waals surface area contributed by atoms with Crippen LogP contribution < -0.4 is 47.9 Å². The van der Waals surface area contributed by atoms with E-state index in [9.17, 15) is 24.6 Å². The number of ketones is 1. The first-order valence-electron chi connectivity index (χ1n) is 12.1. The van der Waals surface area contributed by atoms with Gasteiger partial charge in [0.05, 0.1) is 11.1 Å². The number of hydrogen-bond acceptors (Lipinski definition) is 8. The number of aryl methyl sites for hydroxylation is 4. The number of fused-ring (bicyclic) bond motifs is 3. The van der Waals surface area contributed by atoms with Gasteiger partial charge in [0.25, 0.3) is 0 Å². The Balaban J connectivity index is 0.000000227. The molecule has 0 N–H and O–H groups in total. The van der Waals surface area contributed by atoms with Crippen molar-refractivity contribution in [2.24, 2.45) is 0 Å². The third-order valence-electron chi connectivity index (χ3n) is 6.85. The zero-order valence-electron chi connectivity index (χ0n) is 23.5. The van der Waals surface area contributed by atoms with Gasteiger partial charge in [-0.1, -0.05) is 35.8 Å². The smallest absolute Gasteiger partial charge is 0.872 e. The molecule has 3 aliphatic rings. The molecule has 0 saturated heterocycles. The monoisotopic (exact) mass is 525 g/mol. The van der Waals surface area contributed by atoms with Crippen LogP contribution in [0.2, 0.25) is 0 Å². The number of carbonyl (C=O) groups is 3. The normalized spacial score (nSPS) is 15.7. The van der Waals surface area contributed by atoms with Crippen LogP contribution in [0.5, 0.6) is 11.5 Å². The summed E-state index contributed by atoms with van der Waals surface area (Å²) >= 11 is 0. The van der Waals surface area contributed by atoms with Crippen LogP contribution in [0.4, 0.5) is 0 Å². The number of nitrogens with zero attached hydrogens (tertiary/aromatic N) is 1. The van der Waals surface area contributed by atoms with Crippen molar-refractivity contribution >= 4 is 28.5 Å². The summed E-state index contributed by atoms with van der Waals surface area (Å²) in [6, 6.07) is 8.96. The van der Waals surface area contributed by atoms with Crippen LogP contribution in [0.1, 0.15) is 73.0 Å². The summed E-state index contributed by atoms with van der Waals surface area (Å²) in [6.07, 6.45) is 4.51. The summed E-state index contributed by atoms with van der Waals surface area (Å²) in [5, 5.41) is 33.9. The van der Waals surface area contributed by atoms with Gasteiger partial charge in [0.15, 0.2) is 5.78 Å². The van der Waals surface area contributed by atoms with Crippen LogP contribution >= 0.6 is 0 Å². The standard InChI is InChI=1S/C14H12O4.C11H9NO2.C5H6O.2Li/c1-6-3-8-9(4-7(6)2)13(16)11-10(12(8)15)5-18-14(11)17;1-6-3-8-9(4-7(6)2)11(13)14-10(8)5-12;6-5-3-1-2-4-5;;/h3-4,15-16H,5H2,1-2H3;3-4,10H,1-2H3;1,3H,2,4H2;;/q;;;2*+1/p-2. The maximum atomic E-state index is 12.2. The van der Waals surface area contributed by atoms with Crippen LogP contribution in [0.25, 0.3) is 10.8 Å². The predicted molar refractivity (Wildman–Crippen MR) is 134 cm³/mol. The number of rotatable bonds is 0. The van der Waals surface area contributed by atoms with Gasteiger partial charge in [-0.2, -0.15) is 5.26 Å². The maximum absolute atomic E-state index is 12.2. The van der Waals surface area contributed by atoms with Gasteiger partial charge in [-0.3, -0.25) is 4.79 Å². The first-order valence-corrected chi connectivity index (χ1v) is 12.1. The summed E-state index contributed by atoms with van der Waals surface area (Å²) in [5.41, 5.74) is 5.31. The Morgan fingerprint density at radius 2 is 1.43 bits per heavy atom. The van der Waals surface area contributed by atoms with Crippen molar-refractivity contribution in [2.45, 2.75) is 53.2 Å². The topological polar surface area (TPSA) is 140 Å². The predicted octanol–water partition coefficient (Wildman–Crippen LogP) is -1.77. The number of benzene rings is 3. The quantitative estimate of drug-likeness (QED) is 0.248. The summed E-state index contributed by atoms with van der Waals surface area (Å²) < 4.78 is 9.67. The minimum Gasteiger partial charge on any atom is -0.872 e. The summed E-state index contributed by atoms with van der Waals surface area (Å²) in [7, 11) is 0. The number of cyclic esters (lactones) is 2. The van der Waals surface area contributed by atoms with Crippen LogP contribution in [0, 0.1) is 39.0 Å². The Morgan fingerprint density at radius 1 is 0.850 bits per heavy atom. The number of carbonyl (C=O) groups excluding carboxylic acids is 3. The summed E-state index contributed by atoms with van der Waals surface area (Å²) in [5.74, 6) is -1.48. The van der Waals surface area contributed by atoms with Crippen molar-refractivity contribution < 1.29 is 71.8 Å². The fourth-order valence-corrected chi connectivity index (χ4v) is 4.39. The van der Waals surface area contributed by atoms with E-state index in [2.05, 4.69) is 0 Å². The molecule has 6 rings (SSSR count). The summed E-state index contributed by atoms with van der Waals surface area (Å²) in [6.45, 7) is 7.54. The van der Waals surface area contributed by atoms with Crippen molar-refractivity contribution in [3.63, 3.8) is 0 Å². The van der Waals surface area contributed by atoms with E-state index in [1.54, 1.807) is 24.3 Å². The number of nitriles is 1. The number of hydrogen-bond donors (Lipinski definition) is 0. The van der Waals surface area contributed by atoms with Gasteiger partial charge in [-0.05, 0) is 84.8 Å². The number of esters is 2. The Labute approximate surface area is 256 Å². The molecule has 0 saturated carbocycles. The molecule has 40 heavy (non-hydrogen) atoms. The van der Waals surface area contributed by atoms with Crippen LogP contribution in [-0.4, -0.2) is 17.7 Å². The van der Waals surface area contributed by atoms with E-state index in [0.717, 1.165) is 35.1 Å². The maximum Gasteiger partial charge on any atom is 1.00 e. The Morgan fingerprint density at radius 3 is 1.95 bits per heavy atom. The van der Waals surface area contributed by atoms with E-state index in [-0.39, 0.29) is 67.0 Å². The van der Waals surface area contributed by atoms with E-state index in [4.69, 9.17) is 14.7 Å². The number of allylic oxidation sites excluding steroid dienone is 2. The molecular formula is C30H25Li2NO7. The third kappa shape index (κ3) is 6.30. The second kappa shape index (κ2) is 13.3. The minimum absolute atomic E-state index is 0. The van der Waals surface area contributed by atoms with E-state index in [0.29, 0.717) is 21.9 Å². The molecule has 8 nitrogen and oxygen atoms in total. The van der Waals surface area contributed by atoms with Gasteiger partial charge < -0.3 is 19.7 Å². The van der Waals surface area contributed by atoms with Gasteiger partial charge >= 0.3 is 49.7 Å². The van der Waals surface area contributed by atoms with Crippen LogP contribution in [0.15, 0.2) is 36.4 Å². The molecule has 3 aromatic rings. The third-order valence-corrected chi connectivity index (χ3v) is 6.85. The van der Waals surface area contributed by atoms with Crippen molar-refractivity contribution in [1.29, 1.82) is 5.26 Å². The van der Waals surface area contributed by atoms with Gasteiger partial charge in [0, 0.05) is 12.0 Å². The van der Waals surface area contributed by atoms with Gasteiger partial charge in [0.1, 0.15) is 12.7 Å². The molecule has 0 bridgehead atoms. The molecule has 1 unspecified atom stereocenters. The molecular weight excluding hydrogens is 500 g/mol. The van der Waals surface area contributed by atoms with E-state index in [1.807, 2.05) is 45.9 Å². The van der Waals surface area contributed by atoms with Gasteiger partial charge in [-0.25, -0.2) is 9.59 Å². The largest absolute Gasteiger partial charge is 1.00 e. The first-order chi connectivity index (χ1) is 18.0. The van der Waals surface area contributed by atoms with Crippen molar-refractivity contribution in [2.75, 3.05) is 0 Å². The second-order valence-corrected chi connectivity index (χ2v) is 9.42. The average molecular weight is 525 g/mol. The Kier molecular flexibility index (Phi) is 10.9. The van der Waals surface area contributed by atoms with Crippen molar-refractivity contribution in [3.05, 3.63) is 80.9 Å². The Hall–Kier alpha value is -3.45. The van der Waals surface area contributed by atoms with Crippen molar-refractivity contribution in [1.82, 2.24) is 0 Å². The summed E-state index contributed by atoms with van der Waals surface area (Å²) in [4.78, 5) is 33.0. The molecule has 0 spiro atoms. The SMILES string of the molecule is Cc1cc2c([O-])c3c(c([O-])c2cc1C)C(=O)OC3.Cc1cc2c(cc1C)C(C#N)OC2=O.O=C1C=CCC1.[Li+].[Li+].